The Morgan fingerprint density at radius 3 is 2.23 bits per heavy atom. The highest BCUT2D eigenvalue weighted by Gasteiger charge is 2.12. The third-order valence-corrected chi connectivity index (χ3v) is 3.27. The van der Waals surface area contributed by atoms with Gasteiger partial charge in [-0.15, -0.1) is 0 Å². The van der Waals surface area contributed by atoms with E-state index >= 15 is 0 Å². The van der Waals surface area contributed by atoms with Crippen LogP contribution in [0.25, 0.3) is 0 Å². The molecule has 0 heterocycles. The van der Waals surface area contributed by atoms with E-state index in [1.165, 1.54) is 13.0 Å². The number of halogens is 2. The molecule has 1 amide bonds. The first-order valence-electron chi connectivity index (χ1n) is 6.91. The summed E-state index contributed by atoms with van der Waals surface area (Å²) in [4.78, 5) is 11.9. The fourth-order valence-electron chi connectivity index (χ4n) is 1.99. The van der Waals surface area contributed by atoms with E-state index in [1.54, 1.807) is 12.1 Å². The van der Waals surface area contributed by atoms with Gasteiger partial charge < -0.3 is 0 Å². The van der Waals surface area contributed by atoms with Gasteiger partial charge >= 0.3 is 0 Å². The Balaban J connectivity index is 2.14. The summed E-state index contributed by atoms with van der Waals surface area (Å²) < 4.78 is 27.2. The van der Waals surface area contributed by atoms with Gasteiger partial charge in [0.2, 0.25) is 0 Å². The molecule has 3 nitrogen and oxygen atoms in total. The van der Waals surface area contributed by atoms with Crippen LogP contribution in [0, 0.1) is 11.6 Å². The second kappa shape index (κ2) is 6.93. The number of nitrogens with zero attached hydrogens (tertiary/aromatic N) is 1. The van der Waals surface area contributed by atoms with Crippen LogP contribution in [0.15, 0.2) is 47.6 Å². The molecule has 1 N–H and O–H groups in total. The Hall–Kier alpha value is -2.56. The van der Waals surface area contributed by atoms with Crippen LogP contribution in [0.3, 0.4) is 0 Å². The predicted molar refractivity (Wildman–Crippen MR) is 81.9 cm³/mol. The minimum absolute atomic E-state index is 0.0640. The Bertz CT molecular complexity index is 689. The summed E-state index contributed by atoms with van der Waals surface area (Å²) in [5.41, 5.74) is 3.67. The quantitative estimate of drug-likeness (QED) is 0.679. The van der Waals surface area contributed by atoms with Crippen molar-refractivity contribution in [1.82, 2.24) is 5.43 Å². The summed E-state index contributed by atoms with van der Waals surface area (Å²) in [5.74, 6) is -1.87. The first kappa shape index (κ1) is 15.8. The minimum Gasteiger partial charge on any atom is -0.267 e. The number of benzene rings is 2. The number of carbonyl (C=O) groups excluding carboxylic acids is 1. The predicted octanol–water partition coefficient (Wildman–Crippen LogP) is 3.68. The molecule has 0 aliphatic heterocycles. The molecule has 0 aliphatic rings. The second-order valence-corrected chi connectivity index (χ2v) is 4.79. The molecular weight excluding hydrogens is 286 g/mol. The number of hydrogen-bond acceptors (Lipinski definition) is 2. The van der Waals surface area contributed by atoms with E-state index in [0.717, 1.165) is 24.1 Å². The normalized spacial score (nSPS) is 11.4. The van der Waals surface area contributed by atoms with Crippen LogP contribution in [0.2, 0.25) is 0 Å². The fraction of sp³-hybridized carbons (Fsp3) is 0.176. The van der Waals surface area contributed by atoms with Crippen LogP contribution in [0.1, 0.15) is 35.3 Å². The molecule has 0 unspecified atom stereocenters. The monoisotopic (exact) mass is 302 g/mol. The van der Waals surface area contributed by atoms with Crippen molar-refractivity contribution in [3.05, 3.63) is 70.8 Å². The summed E-state index contributed by atoms with van der Waals surface area (Å²) in [5, 5.41) is 3.77. The van der Waals surface area contributed by atoms with Crippen molar-refractivity contribution in [1.29, 1.82) is 0 Å². The average Bonchev–Trinajstić information content (AvgIpc) is 2.52. The number of nitrogens with one attached hydrogen (secondary N) is 1. The molecule has 0 spiro atoms. The fourth-order valence-corrected chi connectivity index (χ4v) is 1.99. The molecule has 0 aromatic heterocycles. The van der Waals surface area contributed by atoms with Crippen LogP contribution >= 0.6 is 0 Å². The highest BCUT2D eigenvalue weighted by atomic mass is 19.1. The Morgan fingerprint density at radius 2 is 1.68 bits per heavy atom. The lowest BCUT2D eigenvalue weighted by atomic mass is 10.1. The van der Waals surface area contributed by atoms with E-state index in [9.17, 15) is 13.6 Å². The molecule has 0 atom stereocenters. The number of aryl methyl sites for hydroxylation is 1. The van der Waals surface area contributed by atoms with Crippen molar-refractivity contribution in [3.8, 4) is 0 Å². The van der Waals surface area contributed by atoms with E-state index in [0.29, 0.717) is 5.56 Å². The molecule has 2 aromatic carbocycles. The van der Waals surface area contributed by atoms with Gasteiger partial charge in [0.1, 0.15) is 11.6 Å². The Morgan fingerprint density at radius 1 is 1.09 bits per heavy atom. The lowest BCUT2D eigenvalue weighted by Gasteiger charge is -2.05. The maximum absolute atomic E-state index is 13.6. The van der Waals surface area contributed by atoms with Crippen LogP contribution in [-0.4, -0.2) is 11.6 Å². The third-order valence-electron chi connectivity index (χ3n) is 3.27. The summed E-state index contributed by atoms with van der Waals surface area (Å²) in [6, 6.07) is 10.6. The van der Waals surface area contributed by atoms with Gasteiger partial charge in [0.25, 0.3) is 5.91 Å². The highest BCUT2D eigenvalue weighted by Crippen LogP contribution is 2.13. The van der Waals surface area contributed by atoms with Gasteiger partial charge in [-0.3, -0.25) is 4.79 Å². The first-order chi connectivity index (χ1) is 10.5. The number of carbonyl (C=O) groups is 1. The lowest BCUT2D eigenvalue weighted by Crippen LogP contribution is -2.20. The summed E-state index contributed by atoms with van der Waals surface area (Å²) in [6.07, 6.45) is 0.881. The first-order valence-corrected chi connectivity index (χ1v) is 6.91. The van der Waals surface area contributed by atoms with Crippen molar-refractivity contribution >= 4 is 11.6 Å². The standard InChI is InChI=1S/C17H16F2N2O/c1-3-12-7-9-13(10-8-12)17(22)21-20-11(2)16-14(18)5-4-6-15(16)19/h4-10H,3H2,1-2H3,(H,21,22)/b20-11-. The summed E-state index contributed by atoms with van der Waals surface area (Å²) in [7, 11) is 0. The van der Waals surface area contributed by atoms with Crippen LogP contribution in [0.4, 0.5) is 8.78 Å². The molecule has 22 heavy (non-hydrogen) atoms. The number of hydrazone groups is 1. The van der Waals surface area contributed by atoms with Crippen LogP contribution in [-0.2, 0) is 6.42 Å². The van der Waals surface area contributed by atoms with E-state index in [2.05, 4.69) is 10.5 Å². The van der Waals surface area contributed by atoms with Crippen molar-refractivity contribution < 1.29 is 13.6 Å². The van der Waals surface area contributed by atoms with E-state index in [1.807, 2.05) is 19.1 Å². The Labute approximate surface area is 127 Å². The molecule has 0 saturated heterocycles. The average molecular weight is 302 g/mol. The zero-order valence-corrected chi connectivity index (χ0v) is 12.4. The van der Waals surface area contributed by atoms with Crippen LogP contribution < -0.4 is 5.43 Å². The van der Waals surface area contributed by atoms with Gasteiger partial charge in [-0.05, 0) is 43.2 Å². The van der Waals surface area contributed by atoms with E-state index in [4.69, 9.17) is 0 Å². The third kappa shape index (κ3) is 3.55. The minimum atomic E-state index is -0.720. The molecule has 114 valence electrons. The largest absolute Gasteiger partial charge is 0.271 e. The SMILES string of the molecule is CCc1ccc(C(=O)N/N=C(/C)c2c(F)cccc2F)cc1. The Kier molecular flexibility index (Phi) is 4.99. The second-order valence-electron chi connectivity index (χ2n) is 4.79. The maximum Gasteiger partial charge on any atom is 0.271 e. The molecule has 0 fully saturated rings. The van der Waals surface area contributed by atoms with Crippen molar-refractivity contribution in [3.63, 3.8) is 0 Å². The van der Waals surface area contributed by atoms with Gasteiger partial charge in [0.05, 0.1) is 11.3 Å². The number of rotatable bonds is 4. The van der Waals surface area contributed by atoms with Gasteiger partial charge in [-0.25, -0.2) is 14.2 Å². The van der Waals surface area contributed by atoms with Gasteiger partial charge in [0.15, 0.2) is 0 Å². The molecule has 2 rings (SSSR count). The smallest absolute Gasteiger partial charge is 0.267 e. The van der Waals surface area contributed by atoms with Gasteiger partial charge in [-0.1, -0.05) is 25.1 Å². The molecule has 0 bridgehead atoms. The topological polar surface area (TPSA) is 41.5 Å². The zero-order valence-electron chi connectivity index (χ0n) is 12.4. The van der Waals surface area contributed by atoms with E-state index < -0.39 is 17.5 Å². The maximum atomic E-state index is 13.6. The van der Waals surface area contributed by atoms with E-state index in [-0.39, 0.29) is 11.3 Å². The highest BCUT2D eigenvalue weighted by molar-refractivity contribution is 6.01. The summed E-state index contributed by atoms with van der Waals surface area (Å²) >= 11 is 0. The molecule has 0 saturated carbocycles. The molecule has 0 aliphatic carbocycles. The molecular formula is C17H16F2N2O. The van der Waals surface area contributed by atoms with Crippen molar-refractivity contribution in [2.45, 2.75) is 20.3 Å². The molecule has 2 aromatic rings. The van der Waals surface area contributed by atoms with Crippen molar-refractivity contribution in [2.75, 3.05) is 0 Å². The van der Waals surface area contributed by atoms with Gasteiger partial charge in [-0.2, -0.15) is 5.10 Å². The zero-order chi connectivity index (χ0) is 16.1. The lowest BCUT2D eigenvalue weighted by molar-refractivity contribution is 0.0955. The number of amides is 1. The molecule has 0 radical (unpaired) electrons. The summed E-state index contributed by atoms with van der Waals surface area (Å²) in [6.45, 7) is 3.45. The molecule has 5 heteroatoms. The van der Waals surface area contributed by atoms with Gasteiger partial charge in [0, 0.05) is 5.56 Å². The number of hydrogen-bond donors (Lipinski definition) is 1. The van der Waals surface area contributed by atoms with Crippen molar-refractivity contribution in [2.24, 2.45) is 5.10 Å². The van der Waals surface area contributed by atoms with Crippen LogP contribution in [0.5, 0.6) is 0 Å².